The van der Waals surface area contributed by atoms with Crippen LogP contribution in [0.3, 0.4) is 0 Å². The van der Waals surface area contributed by atoms with E-state index in [1.807, 2.05) is 44.2 Å². The molecular formula is C20H22N2O4. The van der Waals surface area contributed by atoms with E-state index < -0.39 is 0 Å². The van der Waals surface area contributed by atoms with Crippen molar-refractivity contribution >= 4 is 11.8 Å². The van der Waals surface area contributed by atoms with Gasteiger partial charge in [0, 0.05) is 5.56 Å². The van der Waals surface area contributed by atoms with E-state index >= 15 is 0 Å². The van der Waals surface area contributed by atoms with E-state index in [9.17, 15) is 9.59 Å². The van der Waals surface area contributed by atoms with Crippen LogP contribution in [0.2, 0.25) is 0 Å². The van der Waals surface area contributed by atoms with E-state index in [0.717, 1.165) is 11.1 Å². The third kappa shape index (κ3) is 4.14. The van der Waals surface area contributed by atoms with Gasteiger partial charge >= 0.3 is 0 Å². The number of rotatable bonds is 5. The first-order valence-electron chi connectivity index (χ1n) is 8.57. The smallest absolute Gasteiger partial charge is 0.251 e. The van der Waals surface area contributed by atoms with Crippen molar-refractivity contribution in [2.24, 2.45) is 0 Å². The molecule has 2 aromatic rings. The summed E-state index contributed by atoms with van der Waals surface area (Å²) in [6.45, 7) is 4.72. The molecule has 6 heteroatoms. The van der Waals surface area contributed by atoms with Crippen LogP contribution in [-0.4, -0.2) is 31.6 Å². The van der Waals surface area contributed by atoms with Crippen LogP contribution in [0.25, 0.3) is 0 Å². The van der Waals surface area contributed by atoms with E-state index in [1.165, 1.54) is 0 Å². The Balaban J connectivity index is 1.54. The molecule has 3 rings (SSSR count). The van der Waals surface area contributed by atoms with E-state index in [2.05, 4.69) is 10.6 Å². The third-order valence-corrected chi connectivity index (χ3v) is 4.24. The molecule has 1 heterocycles. The van der Waals surface area contributed by atoms with Crippen molar-refractivity contribution in [1.82, 2.24) is 10.6 Å². The molecule has 2 amide bonds. The number of aryl methyl sites for hydroxylation is 1. The van der Waals surface area contributed by atoms with Crippen LogP contribution < -0.4 is 20.1 Å². The lowest BCUT2D eigenvalue weighted by Gasteiger charge is -2.21. The monoisotopic (exact) mass is 354 g/mol. The van der Waals surface area contributed by atoms with Gasteiger partial charge < -0.3 is 20.1 Å². The highest BCUT2D eigenvalue weighted by Gasteiger charge is 2.16. The molecule has 1 atom stereocenters. The summed E-state index contributed by atoms with van der Waals surface area (Å²) in [5.74, 6) is 0.881. The average molecular weight is 354 g/mol. The van der Waals surface area contributed by atoms with Crippen LogP contribution in [0.1, 0.15) is 34.5 Å². The Hall–Kier alpha value is -3.02. The van der Waals surface area contributed by atoms with E-state index in [4.69, 9.17) is 9.47 Å². The second-order valence-electron chi connectivity index (χ2n) is 6.19. The number of benzene rings is 2. The maximum atomic E-state index is 12.2. The first-order valence-corrected chi connectivity index (χ1v) is 8.57. The molecule has 1 aliphatic rings. The molecule has 0 saturated heterocycles. The van der Waals surface area contributed by atoms with Crippen molar-refractivity contribution in [3.8, 4) is 11.5 Å². The van der Waals surface area contributed by atoms with Crippen LogP contribution in [0, 0.1) is 6.92 Å². The molecule has 2 N–H and O–H groups in total. The third-order valence-electron chi connectivity index (χ3n) is 4.24. The fraction of sp³-hybridized carbons (Fsp3) is 0.300. The van der Waals surface area contributed by atoms with E-state index in [-0.39, 0.29) is 24.4 Å². The quantitative estimate of drug-likeness (QED) is 0.864. The summed E-state index contributed by atoms with van der Waals surface area (Å²) in [6.07, 6.45) is 0. The van der Waals surface area contributed by atoms with Gasteiger partial charge in [0.15, 0.2) is 11.5 Å². The molecule has 136 valence electrons. The minimum atomic E-state index is -0.259. The van der Waals surface area contributed by atoms with Gasteiger partial charge in [-0.25, -0.2) is 0 Å². The number of carbonyl (C=O) groups excluding carboxylic acids is 2. The summed E-state index contributed by atoms with van der Waals surface area (Å²) in [4.78, 5) is 24.3. The Labute approximate surface area is 152 Å². The lowest BCUT2D eigenvalue weighted by molar-refractivity contribution is -0.120. The number of hydrogen-bond acceptors (Lipinski definition) is 4. The highest BCUT2D eigenvalue weighted by molar-refractivity contribution is 5.97. The van der Waals surface area contributed by atoms with Crippen LogP contribution in [0.5, 0.6) is 11.5 Å². The van der Waals surface area contributed by atoms with Crippen LogP contribution in [0.15, 0.2) is 42.5 Å². The van der Waals surface area contributed by atoms with Crippen molar-refractivity contribution in [1.29, 1.82) is 0 Å². The Morgan fingerprint density at radius 3 is 2.58 bits per heavy atom. The maximum absolute atomic E-state index is 12.2. The minimum absolute atomic E-state index is 0.0813. The van der Waals surface area contributed by atoms with Gasteiger partial charge in [0.25, 0.3) is 5.91 Å². The van der Waals surface area contributed by atoms with Crippen molar-refractivity contribution < 1.29 is 19.1 Å². The van der Waals surface area contributed by atoms with Crippen molar-refractivity contribution in [2.75, 3.05) is 19.8 Å². The van der Waals surface area contributed by atoms with Gasteiger partial charge in [-0.05, 0) is 43.2 Å². The highest BCUT2D eigenvalue weighted by Crippen LogP contribution is 2.32. The highest BCUT2D eigenvalue weighted by atomic mass is 16.6. The minimum Gasteiger partial charge on any atom is -0.486 e. The number of amides is 2. The van der Waals surface area contributed by atoms with E-state index in [1.54, 1.807) is 12.1 Å². The van der Waals surface area contributed by atoms with Gasteiger partial charge in [-0.15, -0.1) is 0 Å². The molecular weight excluding hydrogens is 332 g/mol. The molecule has 26 heavy (non-hydrogen) atoms. The molecule has 0 aliphatic carbocycles. The maximum Gasteiger partial charge on any atom is 0.251 e. The standard InChI is InChI=1S/C20H22N2O4/c1-13-5-3-4-6-16(13)20(24)21-12-19(23)22-14(2)15-7-8-17-18(11-15)26-10-9-25-17/h3-8,11,14H,9-10,12H2,1-2H3,(H,21,24)(H,22,23). The average Bonchev–Trinajstić information content (AvgIpc) is 2.66. The normalized spacial score (nSPS) is 13.6. The Kier molecular flexibility index (Phi) is 5.41. The second kappa shape index (κ2) is 7.91. The largest absolute Gasteiger partial charge is 0.486 e. The van der Waals surface area contributed by atoms with Crippen LogP contribution in [0.4, 0.5) is 0 Å². The SMILES string of the molecule is Cc1ccccc1C(=O)NCC(=O)NC(C)c1ccc2c(c1)OCCO2. The van der Waals surface area contributed by atoms with E-state index in [0.29, 0.717) is 30.3 Å². The summed E-state index contributed by atoms with van der Waals surface area (Å²) in [6, 6.07) is 12.6. The fourth-order valence-corrected chi connectivity index (χ4v) is 2.79. The molecule has 0 saturated carbocycles. The Morgan fingerprint density at radius 1 is 1.08 bits per heavy atom. The van der Waals surface area contributed by atoms with Crippen molar-refractivity contribution in [2.45, 2.75) is 19.9 Å². The topological polar surface area (TPSA) is 76.7 Å². The van der Waals surface area contributed by atoms with Gasteiger partial charge in [-0.1, -0.05) is 24.3 Å². The number of hydrogen-bond donors (Lipinski definition) is 2. The molecule has 0 bridgehead atoms. The fourth-order valence-electron chi connectivity index (χ4n) is 2.79. The number of carbonyl (C=O) groups is 2. The Morgan fingerprint density at radius 2 is 1.81 bits per heavy atom. The molecule has 6 nitrogen and oxygen atoms in total. The molecule has 0 radical (unpaired) electrons. The number of fused-ring (bicyclic) bond motifs is 1. The first-order chi connectivity index (χ1) is 12.5. The zero-order chi connectivity index (χ0) is 18.5. The molecule has 2 aromatic carbocycles. The first kappa shape index (κ1) is 17.8. The van der Waals surface area contributed by atoms with Crippen molar-refractivity contribution in [3.63, 3.8) is 0 Å². The summed E-state index contributed by atoms with van der Waals surface area (Å²) in [5, 5.41) is 5.53. The number of nitrogens with one attached hydrogen (secondary N) is 2. The summed E-state index contributed by atoms with van der Waals surface area (Å²) >= 11 is 0. The predicted molar refractivity (Wildman–Crippen MR) is 97.5 cm³/mol. The molecule has 1 aliphatic heterocycles. The second-order valence-corrected chi connectivity index (χ2v) is 6.19. The molecule has 0 aromatic heterocycles. The summed E-state index contributed by atoms with van der Waals surface area (Å²) < 4.78 is 11.1. The van der Waals surface area contributed by atoms with Crippen LogP contribution in [-0.2, 0) is 4.79 Å². The van der Waals surface area contributed by atoms with Gasteiger partial charge in [-0.3, -0.25) is 9.59 Å². The molecule has 0 spiro atoms. The van der Waals surface area contributed by atoms with Crippen molar-refractivity contribution in [3.05, 3.63) is 59.2 Å². The zero-order valence-electron chi connectivity index (χ0n) is 14.9. The van der Waals surface area contributed by atoms with Gasteiger partial charge in [-0.2, -0.15) is 0 Å². The lowest BCUT2D eigenvalue weighted by Crippen LogP contribution is -2.38. The van der Waals surface area contributed by atoms with Gasteiger partial charge in [0.1, 0.15) is 13.2 Å². The lowest BCUT2D eigenvalue weighted by atomic mass is 10.1. The number of ether oxygens (including phenoxy) is 2. The predicted octanol–water partition coefficient (Wildman–Crippen LogP) is 2.37. The summed E-state index contributed by atoms with van der Waals surface area (Å²) in [5.41, 5.74) is 2.35. The zero-order valence-corrected chi connectivity index (χ0v) is 14.9. The van der Waals surface area contributed by atoms with Gasteiger partial charge in [0.05, 0.1) is 12.6 Å². The summed E-state index contributed by atoms with van der Waals surface area (Å²) in [7, 11) is 0. The molecule has 0 fully saturated rings. The van der Waals surface area contributed by atoms with Gasteiger partial charge in [0.2, 0.25) is 5.91 Å². The molecule has 1 unspecified atom stereocenters. The Bertz CT molecular complexity index is 819. The van der Waals surface area contributed by atoms with Crippen LogP contribution >= 0.6 is 0 Å².